The van der Waals surface area contributed by atoms with Crippen LogP contribution in [0.1, 0.15) is 71.4 Å². The number of furan rings is 2. The van der Waals surface area contributed by atoms with Crippen LogP contribution in [0.5, 0.6) is 0 Å². The number of rotatable bonds is 1. The second kappa shape index (κ2) is 9.76. The van der Waals surface area contributed by atoms with Gasteiger partial charge in [-0.2, -0.15) is 0 Å². The summed E-state index contributed by atoms with van der Waals surface area (Å²) in [7, 11) is 0. The first-order valence-electron chi connectivity index (χ1n) is 19.4. The Kier molecular flexibility index (Phi) is 5.54. The first kappa shape index (κ1) is 30.1. The summed E-state index contributed by atoms with van der Waals surface area (Å²) in [6, 6.07) is 40.7. The van der Waals surface area contributed by atoms with E-state index in [9.17, 15) is 0 Å². The van der Waals surface area contributed by atoms with E-state index in [0.717, 1.165) is 55.3 Å². The first-order chi connectivity index (χ1) is 25.6. The van der Waals surface area contributed by atoms with Crippen LogP contribution >= 0.6 is 0 Å². The van der Waals surface area contributed by atoms with Crippen LogP contribution in [-0.4, -0.2) is 12.4 Å². The summed E-state index contributed by atoms with van der Waals surface area (Å²) in [5.41, 5.74) is 17.1. The molecule has 258 valence electrons. The van der Waals surface area contributed by atoms with Gasteiger partial charge in [0.1, 0.15) is 22.3 Å². The molecule has 8 aromatic rings. The molecule has 2 atom stereocenters. The smallest absolute Gasteiger partial charge is 0.333 e. The van der Waals surface area contributed by atoms with Crippen molar-refractivity contribution < 1.29 is 8.83 Å². The van der Waals surface area contributed by atoms with Crippen LogP contribution in [0.3, 0.4) is 0 Å². The number of hydrogen-bond acceptors (Lipinski definition) is 4. The minimum Gasteiger partial charge on any atom is -0.456 e. The Morgan fingerprint density at radius 1 is 0.623 bits per heavy atom. The standard InChI is InChI=1S/C48H41BN2O2/c1-46(2,3)28-23-36-45-37(24-28)49-44-33(15-12-16-38(44)50(45)48(5)22-11-10-21-47(36,48)4)34-26-35-31-14-7-9-18-41(31)53-43(35)27-39(34)51(49)29-19-20-32-30-13-6-8-17-40(30)52-42(32)25-29/h6-9,12-20,23-27H,10-11,21-22H2,1-5H3. The average molecular weight is 689 g/mol. The second-order valence-corrected chi connectivity index (χ2v) is 17.6. The van der Waals surface area contributed by atoms with Crippen LogP contribution in [0, 0.1) is 0 Å². The van der Waals surface area contributed by atoms with Gasteiger partial charge in [0.2, 0.25) is 0 Å². The fraction of sp³-hybridized carbons (Fsp3) is 0.250. The Labute approximate surface area is 310 Å². The molecule has 1 saturated carbocycles. The number of hydrogen-bond donors (Lipinski definition) is 0. The zero-order chi connectivity index (χ0) is 35.6. The van der Waals surface area contributed by atoms with E-state index in [-0.39, 0.29) is 23.2 Å². The SMILES string of the molecule is CC(C)(C)c1cc2c3c(c1)C1(C)CCCCC1(C)N3c1cccc3c1B2N(c1ccc2c(c1)oc1ccccc12)c1cc2oc4ccccc4c2cc1-3. The topological polar surface area (TPSA) is 32.8 Å². The molecule has 53 heavy (non-hydrogen) atoms. The Bertz CT molecular complexity index is 2910. The minimum atomic E-state index is -0.0444. The molecule has 2 unspecified atom stereocenters. The van der Waals surface area contributed by atoms with E-state index >= 15 is 0 Å². The lowest BCUT2D eigenvalue weighted by atomic mass is 9.43. The monoisotopic (exact) mass is 688 g/mol. The third-order valence-corrected chi connectivity index (χ3v) is 13.9. The van der Waals surface area contributed by atoms with E-state index < -0.39 is 0 Å². The number of fused-ring (bicyclic) bond motifs is 13. The van der Waals surface area contributed by atoms with Gasteiger partial charge in [-0.15, -0.1) is 0 Å². The van der Waals surface area contributed by atoms with Crippen LogP contribution in [0.4, 0.5) is 22.7 Å². The molecule has 5 heteroatoms. The van der Waals surface area contributed by atoms with E-state index in [4.69, 9.17) is 8.83 Å². The van der Waals surface area contributed by atoms with Crippen molar-refractivity contribution in [3.63, 3.8) is 0 Å². The van der Waals surface area contributed by atoms with Gasteiger partial charge in [0, 0.05) is 67.4 Å². The van der Waals surface area contributed by atoms with Gasteiger partial charge in [-0.1, -0.05) is 101 Å². The maximum absolute atomic E-state index is 6.62. The molecule has 5 heterocycles. The lowest BCUT2D eigenvalue weighted by Gasteiger charge is -2.53. The highest BCUT2D eigenvalue weighted by Gasteiger charge is 2.62. The summed E-state index contributed by atoms with van der Waals surface area (Å²) >= 11 is 0. The van der Waals surface area contributed by atoms with E-state index in [1.165, 1.54) is 70.2 Å². The molecule has 0 bridgehead atoms. The number of benzene rings is 6. The Hall–Kier alpha value is -5.42. The highest BCUT2D eigenvalue weighted by atomic mass is 16.3. The molecule has 4 nitrogen and oxygen atoms in total. The third-order valence-electron chi connectivity index (χ3n) is 13.9. The molecular weight excluding hydrogens is 647 g/mol. The van der Waals surface area contributed by atoms with Gasteiger partial charge < -0.3 is 18.5 Å². The molecule has 0 amide bonds. The molecule has 0 radical (unpaired) electrons. The van der Waals surface area contributed by atoms with E-state index in [1.807, 2.05) is 0 Å². The zero-order valence-corrected chi connectivity index (χ0v) is 31.0. The average Bonchev–Trinajstić information content (AvgIpc) is 3.78. The summed E-state index contributed by atoms with van der Waals surface area (Å²) in [4.78, 5) is 5.43. The highest BCUT2D eigenvalue weighted by molar-refractivity contribution is 6.93. The molecule has 0 N–H and O–H groups in total. The Morgan fingerprint density at radius 2 is 1.32 bits per heavy atom. The van der Waals surface area contributed by atoms with Crippen molar-refractivity contribution >= 4 is 84.4 Å². The van der Waals surface area contributed by atoms with Gasteiger partial charge in [-0.25, -0.2) is 0 Å². The molecule has 2 aromatic heterocycles. The third kappa shape index (κ3) is 3.64. The molecule has 4 aliphatic rings. The second-order valence-electron chi connectivity index (χ2n) is 17.6. The van der Waals surface area contributed by atoms with E-state index in [2.05, 4.69) is 154 Å². The highest BCUT2D eigenvalue weighted by Crippen LogP contribution is 2.62. The maximum Gasteiger partial charge on any atom is 0.333 e. The number of anilines is 4. The van der Waals surface area contributed by atoms with Crippen LogP contribution in [0.25, 0.3) is 55.0 Å². The molecule has 6 aromatic carbocycles. The molecule has 1 aliphatic carbocycles. The van der Waals surface area contributed by atoms with Gasteiger partial charge in [-0.05, 0) is 89.2 Å². The molecular formula is C48H41BN2O2. The van der Waals surface area contributed by atoms with Crippen molar-refractivity contribution in [2.75, 3.05) is 9.71 Å². The molecule has 0 saturated heterocycles. The number of nitrogens with zero attached hydrogens (tertiary/aromatic N) is 2. The fourth-order valence-corrected chi connectivity index (χ4v) is 11.0. The zero-order valence-electron chi connectivity index (χ0n) is 31.0. The predicted octanol–water partition coefficient (Wildman–Crippen LogP) is 11.8. The van der Waals surface area contributed by atoms with E-state index in [1.54, 1.807) is 0 Å². The normalized spacial score (nSPS) is 21.4. The maximum atomic E-state index is 6.62. The molecule has 1 fully saturated rings. The van der Waals surface area contributed by atoms with Crippen molar-refractivity contribution in [3.8, 4) is 11.1 Å². The van der Waals surface area contributed by atoms with Crippen molar-refractivity contribution in [3.05, 3.63) is 120 Å². The lowest BCUT2D eigenvalue weighted by molar-refractivity contribution is 0.195. The summed E-state index contributed by atoms with van der Waals surface area (Å²) in [6.45, 7) is 12.2. The Balaban J connectivity index is 1.22. The van der Waals surface area contributed by atoms with Gasteiger partial charge in [0.25, 0.3) is 0 Å². The molecule has 3 aliphatic heterocycles. The van der Waals surface area contributed by atoms with Gasteiger partial charge in [0.05, 0.1) is 5.54 Å². The van der Waals surface area contributed by atoms with Gasteiger partial charge >= 0.3 is 6.85 Å². The van der Waals surface area contributed by atoms with Gasteiger partial charge in [-0.3, -0.25) is 0 Å². The fourth-order valence-electron chi connectivity index (χ4n) is 11.0. The van der Waals surface area contributed by atoms with E-state index in [0.29, 0.717) is 0 Å². The molecule has 12 rings (SSSR count). The lowest BCUT2D eigenvalue weighted by Crippen LogP contribution is -2.64. The summed E-state index contributed by atoms with van der Waals surface area (Å²) < 4.78 is 13.2. The van der Waals surface area contributed by atoms with Crippen molar-refractivity contribution in [1.29, 1.82) is 0 Å². The van der Waals surface area contributed by atoms with Crippen LogP contribution in [0.15, 0.2) is 118 Å². The van der Waals surface area contributed by atoms with Crippen molar-refractivity contribution in [2.24, 2.45) is 0 Å². The van der Waals surface area contributed by atoms with Crippen LogP contribution < -0.4 is 20.6 Å². The molecule has 0 spiro atoms. The van der Waals surface area contributed by atoms with Gasteiger partial charge in [0.15, 0.2) is 0 Å². The van der Waals surface area contributed by atoms with Crippen LogP contribution in [0.2, 0.25) is 0 Å². The minimum absolute atomic E-state index is 0.00873. The van der Waals surface area contributed by atoms with Crippen molar-refractivity contribution in [2.45, 2.75) is 76.7 Å². The number of para-hydroxylation sites is 2. The summed E-state index contributed by atoms with van der Waals surface area (Å²) in [5.74, 6) is 0. The summed E-state index contributed by atoms with van der Waals surface area (Å²) in [6.07, 6.45) is 4.92. The first-order valence-corrected chi connectivity index (χ1v) is 19.4. The van der Waals surface area contributed by atoms with Crippen LogP contribution in [-0.2, 0) is 10.8 Å². The summed E-state index contributed by atoms with van der Waals surface area (Å²) in [5, 5.41) is 4.61. The quantitative estimate of drug-likeness (QED) is 0.161. The predicted molar refractivity (Wildman–Crippen MR) is 222 cm³/mol. The van der Waals surface area contributed by atoms with Crippen molar-refractivity contribution in [1.82, 2.24) is 0 Å². The largest absolute Gasteiger partial charge is 0.456 e. The Morgan fingerprint density at radius 3 is 2.09 bits per heavy atom.